The van der Waals surface area contributed by atoms with Gasteiger partial charge in [-0.15, -0.1) is 0 Å². The lowest BCUT2D eigenvalue weighted by molar-refractivity contribution is -0.178. The minimum Gasteiger partial charge on any atom is -0.394 e. The van der Waals surface area contributed by atoms with Gasteiger partial charge in [-0.2, -0.15) is 0 Å². The zero-order valence-corrected chi connectivity index (χ0v) is 12.4. The van der Waals surface area contributed by atoms with Gasteiger partial charge in [-0.05, 0) is 12.8 Å². The predicted molar refractivity (Wildman–Crippen MR) is 75.1 cm³/mol. The lowest BCUT2D eigenvalue weighted by Crippen LogP contribution is -2.56. The Morgan fingerprint density at radius 2 is 1.30 bits per heavy atom. The van der Waals surface area contributed by atoms with E-state index in [1.807, 2.05) is 13.8 Å². The van der Waals surface area contributed by atoms with Crippen molar-refractivity contribution in [2.24, 2.45) is 0 Å². The maximum atomic E-state index is 10.6. The van der Waals surface area contributed by atoms with Gasteiger partial charge < -0.3 is 30.6 Å². The highest BCUT2D eigenvalue weighted by Gasteiger charge is 2.42. The first kappa shape index (κ1) is 19.8. The van der Waals surface area contributed by atoms with E-state index in [-0.39, 0.29) is 0 Å². The van der Waals surface area contributed by atoms with Crippen molar-refractivity contribution in [2.75, 3.05) is 6.61 Å². The molecule has 122 valence electrons. The molecule has 0 saturated carbocycles. The summed E-state index contributed by atoms with van der Waals surface area (Å²) < 4.78 is 0. The van der Waals surface area contributed by atoms with Gasteiger partial charge in [0.15, 0.2) is 0 Å². The van der Waals surface area contributed by atoms with Gasteiger partial charge in [-0.3, -0.25) is 0 Å². The summed E-state index contributed by atoms with van der Waals surface area (Å²) in [7, 11) is 0. The Morgan fingerprint density at radius 1 is 0.850 bits per heavy atom. The summed E-state index contributed by atoms with van der Waals surface area (Å²) in [6.45, 7) is 3.17. The van der Waals surface area contributed by atoms with E-state index in [2.05, 4.69) is 0 Å². The fraction of sp³-hybridized carbons (Fsp3) is 1.00. The molecule has 6 nitrogen and oxygen atoms in total. The standard InChI is InChI=1S/C14H30O6/c1-3-5-7-14(20,8-6-4-2)13(19)12(18)11(17)10(16)9-15/h10-13,15-20H,3-9H2,1-2H3/t10-,11-,12+,13-/m1/s1. The molecule has 20 heavy (non-hydrogen) atoms. The van der Waals surface area contributed by atoms with Gasteiger partial charge in [0.25, 0.3) is 0 Å². The van der Waals surface area contributed by atoms with E-state index in [1.54, 1.807) is 0 Å². The molecule has 0 aromatic carbocycles. The number of hydrogen-bond acceptors (Lipinski definition) is 6. The molecule has 6 heteroatoms. The van der Waals surface area contributed by atoms with E-state index in [1.165, 1.54) is 0 Å². The second kappa shape index (κ2) is 9.65. The molecule has 0 heterocycles. The lowest BCUT2D eigenvalue weighted by atomic mass is 9.81. The summed E-state index contributed by atoms with van der Waals surface area (Å²) in [5.74, 6) is 0. The average Bonchev–Trinajstić information content (AvgIpc) is 2.47. The van der Waals surface area contributed by atoms with Crippen LogP contribution in [0.3, 0.4) is 0 Å². The Morgan fingerprint density at radius 3 is 1.65 bits per heavy atom. The van der Waals surface area contributed by atoms with Gasteiger partial charge >= 0.3 is 0 Å². The van der Waals surface area contributed by atoms with Crippen LogP contribution in [0.25, 0.3) is 0 Å². The Labute approximate surface area is 120 Å². The van der Waals surface area contributed by atoms with Crippen LogP contribution < -0.4 is 0 Å². The normalized spacial score (nSPS) is 18.6. The van der Waals surface area contributed by atoms with E-state index in [4.69, 9.17) is 5.11 Å². The number of rotatable bonds is 11. The molecule has 0 saturated heterocycles. The second-order valence-electron chi connectivity index (χ2n) is 5.49. The van der Waals surface area contributed by atoms with Crippen LogP contribution in [0.15, 0.2) is 0 Å². The van der Waals surface area contributed by atoms with Crippen molar-refractivity contribution in [1.29, 1.82) is 0 Å². The molecule has 4 atom stereocenters. The fourth-order valence-corrected chi connectivity index (χ4v) is 2.23. The third-order valence-electron chi connectivity index (χ3n) is 3.73. The fourth-order valence-electron chi connectivity index (χ4n) is 2.23. The topological polar surface area (TPSA) is 121 Å². The predicted octanol–water partition coefficient (Wildman–Crippen LogP) is -0.466. The minimum absolute atomic E-state index is 0.309. The van der Waals surface area contributed by atoms with E-state index in [0.717, 1.165) is 12.8 Å². The van der Waals surface area contributed by atoms with Crippen LogP contribution in [0.1, 0.15) is 52.4 Å². The quantitative estimate of drug-likeness (QED) is 0.306. The molecule has 6 N–H and O–H groups in total. The van der Waals surface area contributed by atoms with Crippen LogP contribution in [-0.2, 0) is 0 Å². The Hall–Kier alpha value is -0.240. The first-order chi connectivity index (χ1) is 9.33. The van der Waals surface area contributed by atoms with Crippen molar-refractivity contribution in [2.45, 2.75) is 82.4 Å². The van der Waals surface area contributed by atoms with E-state index in [9.17, 15) is 25.5 Å². The SMILES string of the molecule is CCCCC(O)(CCCC)[C@H](O)[C@@H](O)[C@H](O)[C@H](O)CO. The first-order valence-electron chi connectivity index (χ1n) is 7.39. The summed E-state index contributed by atoms with van der Waals surface area (Å²) >= 11 is 0. The Bertz CT molecular complexity index is 240. The third-order valence-corrected chi connectivity index (χ3v) is 3.73. The smallest absolute Gasteiger partial charge is 0.111 e. The molecule has 0 rings (SSSR count). The Balaban J connectivity index is 4.86. The first-order valence-corrected chi connectivity index (χ1v) is 7.39. The molecule has 0 aromatic rings. The van der Waals surface area contributed by atoms with Crippen LogP contribution in [0.2, 0.25) is 0 Å². The molecule has 0 spiro atoms. The summed E-state index contributed by atoms with van der Waals surface area (Å²) in [5, 5.41) is 58.3. The van der Waals surface area contributed by atoms with Crippen LogP contribution in [0.5, 0.6) is 0 Å². The molecule has 0 aliphatic heterocycles. The zero-order valence-electron chi connectivity index (χ0n) is 12.4. The van der Waals surface area contributed by atoms with Crippen LogP contribution in [0, 0.1) is 0 Å². The highest BCUT2D eigenvalue weighted by Crippen LogP contribution is 2.28. The molecule has 0 bridgehead atoms. The molecular weight excluding hydrogens is 264 g/mol. The highest BCUT2D eigenvalue weighted by atomic mass is 16.4. The largest absolute Gasteiger partial charge is 0.394 e. The van der Waals surface area contributed by atoms with Gasteiger partial charge in [0.05, 0.1) is 12.2 Å². The molecular formula is C14H30O6. The number of aliphatic hydroxyl groups is 6. The monoisotopic (exact) mass is 294 g/mol. The minimum atomic E-state index is -1.71. The molecule has 0 fully saturated rings. The van der Waals surface area contributed by atoms with Crippen LogP contribution >= 0.6 is 0 Å². The van der Waals surface area contributed by atoms with E-state index in [0.29, 0.717) is 25.7 Å². The number of aliphatic hydroxyl groups excluding tert-OH is 5. The van der Waals surface area contributed by atoms with Crippen molar-refractivity contribution in [3.8, 4) is 0 Å². The molecule has 0 radical (unpaired) electrons. The molecule has 0 amide bonds. The zero-order chi connectivity index (χ0) is 15.8. The summed E-state index contributed by atoms with van der Waals surface area (Å²) in [4.78, 5) is 0. The molecule has 0 unspecified atom stereocenters. The summed E-state index contributed by atoms with van der Waals surface area (Å²) in [6.07, 6.45) is -2.89. The van der Waals surface area contributed by atoms with Gasteiger partial charge in [-0.25, -0.2) is 0 Å². The van der Waals surface area contributed by atoms with E-state index < -0.39 is 36.6 Å². The molecule has 0 aliphatic rings. The molecule has 0 aliphatic carbocycles. The van der Waals surface area contributed by atoms with Gasteiger partial charge in [0.2, 0.25) is 0 Å². The van der Waals surface area contributed by atoms with Crippen molar-refractivity contribution in [3.63, 3.8) is 0 Å². The van der Waals surface area contributed by atoms with Crippen molar-refractivity contribution >= 4 is 0 Å². The van der Waals surface area contributed by atoms with Gasteiger partial charge in [0, 0.05) is 0 Å². The number of unbranched alkanes of at least 4 members (excludes halogenated alkanes) is 2. The maximum Gasteiger partial charge on any atom is 0.111 e. The Kier molecular flexibility index (Phi) is 9.54. The van der Waals surface area contributed by atoms with E-state index >= 15 is 0 Å². The van der Waals surface area contributed by atoms with Crippen molar-refractivity contribution in [3.05, 3.63) is 0 Å². The van der Waals surface area contributed by atoms with Crippen molar-refractivity contribution < 1.29 is 30.6 Å². The highest BCUT2D eigenvalue weighted by molar-refractivity contribution is 4.94. The lowest BCUT2D eigenvalue weighted by Gasteiger charge is -2.38. The summed E-state index contributed by atoms with van der Waals surface area (Å²) in [6, 6.07) is 0. The van der Waals surface area contributed by atoms with Gasteiger partial charge in [0.1, 0.15) is 24.4 Å². The van der Waals surface area contributed by atoms with Gasteiger partial charge in [-0.1, -0.05) is 39.5 Å². The second-order valence-corrected chi connectivity index (χ2v) is 5.49. The van der Waals surface area contributed by atoms with Crippen molar-refractivity contribution in [1.82, 2.24) is 0 Å². The maximum absolute atomic E-state index is 10.6. The summed E-state index contributed by atoms with van der Waals surface area (Å²) in [5.41, 5.74) is -1.50. The average molecular weight is 294 g/mol. The molecule has 0 aromatic heterocycles. The third kappa shape index (κ3) is 5.63. The van der Waals surface area contributed by atoms with Crippen LogP contribution in [0.4, 0.5) is 0 Å². The van der Waals surface area contributed by atoms with Crippen LogP contribution in [-0.4, -0.2) is 67.3 Å². The number of hydrogen-bond donors (Lipinski definition) is 6.